The van der Waals surface area contributed by atoms with Crippen molar-refractivity contribution in [2.45, 2.75) is 18.8 Å². The van der Waals surface area contributed by atoms with Crippen molar-refractivity contribution >= 4 is 35.9 Å². The van der Waals surface area contributed by atoms with Crippen molar-refractivity contribution in [3.63, 3.8) is 0 Å². The topological polar surface area (TPSA) is 65.1 Å². The Hall–Kier alpha value is -1.75. The molecule has 2 fully saturated rings. The Morgan fingerprint density at radius 2 is 1.94 bits per heavy atom. The molecule has 0 spiro atoms. The standard InChI is InChI=1S/C19H24ClF3N4O3.ClH/c1-25-15(12-27(18(25)29)6-5-26-7-9-30-10-8-26)17(28)24-11-13-3-2-4-14(16(13)20)19(21,22)23;/h2-4,15H,5-12H2,1H3,(H,24,28);1H. The monoisotopic (exact) mass is 484 g/mol. The highest BCUT2D eigenvalue weighted by Crippen LogP contribution is 2.36. The summed E-state index contributed by atoms with van der Waals surface area (Å²) in [5.74, 6) is -0.437. The number of morpholine rings is 1. The number of alkyl halides is 3. The number of benzene rings is 1. The predicted molar refractivity (Wildman–Crippen MR) is 111 cm³/mol. The average molecular weight is 485 g/mol. The second-order valence-corrected chi connectivity index (χ2v) is 7.68. The van der Waals surface area contributed by atoms with E-state index in [9.17, 15) is 22.8 Å². The van der Waals surface area contributed by atoms with Crippen molar-refractivity contribution in [1.29, 1.82) is 0 Å². The third-order valence-electron chi connectivity index (χ3n) is 5.36. The van der Waals surface area contributed by atoms with Gasteiger partial charge in [0.2, 0.25) is 5.91 Å². The summed E-state index contributed by atoms with van der Waals surface area (Å²) in [4.78, 5) is 30.2. The van der Waals surface area contributed by atoms with E-state index in [0.29, 0.717) is 26.3 Å². The Balaban J connectivity index is 0.00000341. The molecule has 174 valence electrons. The number of urea groups is 1. The summed E-state index contributed by atoms with van der Waals surface area (Å²) in [5, 5.41) is 2.16. The van der Waals surface area contributed by atoms with Crippen LogP contribution in [0.15, 0.2) is 18.2 Å². The van der Waals surface area contributed by atoms with Crippen molar-refractivity contribution in [1.82, 2.24) is 20.0 Å². The largest absolute Gasteiger partial charge is 0.417 e. The predicted octanol–water partition coefficient (Wildman–Crippen LogP) is 2.47. The van der Waals surface area contributed by atoms with Crippen LogP contribution in [0.3, 0.4) is 0 Å². The van der Waals surface area contributed by atoms with E-state index in [0.717, 1.165) is 19.2 Å². The maximum absolute atomic E-state index is 13.0. The minimum atomic E-state index is -4.57. The fraction of sp³-hybridized carbons (Fsp3) is 0.579. The lowest BCUT2D eigenvalue weighted by Gasteiger charge is -2.28. The van der Waals surface area contributed by atoms with Gasteiger partial charge in [-0.3, -0.25) is 9.69 Å². The fourth-order valence-corrected chi connectivity index (χ4v) is 3.83. The van der Waals surface area contributed by atoms with Crippen LogP contribution in [0.5, 0.6) is 0 Å². The number of hydrogen-bond donors (Lipinski definition) is 1. The van der Waals surface area contributed by atoms with Gasteiger partial charge in [0, 0.05) is 39.8 Å². The molecule has 0 aromatic heterocycles. The third kappa shape index (κ3) is 6.15. The molecule has 2 aliphatic rings. The SMILES string of the molecule is CN1C(=O)N(CCN2CCOCC2)CC1C(=O)NCc1cccc(C(F)(F)F)c1Cl.Cl. The maximum atomic E-state index is 13.0. The first-order valence-electron chi connectivity index (χ1n) is 9.62. The second kappa shape index (κ2) is 10.7. The Morgan fingerprint density at radius 1 is 1.26 bits per heavy atom. The smallest absolute Gasteiger partial charge is 0.379 e. The van der Waals surface area contributed by atoms with Crippen LogP contribution in [0.2, 0.25) is 5.02 Å². The lowest BCUT2D eigenvalue weighted by molar-refractivity contribution is -0.137. The van der Waals surface area contributed by atoms with Gasteiger partial charge >= 0.3 is 12.2 Å². The van der Waals surface area contributed by atoms with Crippen LogP contribution in [0.4, 0.5) is 18.0 Å². The summed E-state index contributed by atoms with van der Waals surface area (Å²) < 4.78 is 44.3. The van der Waals surface area contributed by atoms with Crippen LogP contribution in [0.1, 0.15) is 11.1 Å². The van der Waals surface area contributed by atoms with Crippen LogP contribution in [0, 0.1) is 0 Å². The molecule has 3 amide bonds. The number of halogens is 5. The Kier molecular flexibility index (Phi) is 8.82. The van der Waals surface area contributed by atoms with E-state index in [4.69, 9.17) is 16.3 Å². The van der Waals surface area contributed by atoms with E-state index >= 15 is 0 Å². The van der Waals surface area contributed by atoms with Crippen LogP contribution < -0.4 is 5.32 Å². The molecule has 31 heavy (non-hydrogen) atoms. The van der Waals surface area contributed by atoms with Gasteiger partial charge in [-0.1, -0.05) is 23.7 Å². The Bertz CT molecular complexity index is 791. The first kappa shape index (κ1) is 25.5. The van der Waals surface area contributed by atoms with E-state index < -0.39 is 28.7 Å². The molecule has 2 heterocycles. The first-order chi connectivity index (χ1) is 14.2. The Labute approximate surface area is 189 Å². The number of ether oxygens (including phenoxy) is 1. The van der Waals surface area contributed by atoms with Gasteiger partial charge in [0.1, 0.15) is 6.04 Å². The summed E-state index contributed by atoms with van der Waals surface area (Å²) in [7, 11) is 1.54. The summed E-state index contributed by atoms with van der Waals surface area (Å²) in [5.41, 5.74) is -0.783. The van der Waals surface area contributed by atoms with Crippen LogP contribution in [-0.2, 0) is 22.3 Å². The molecule has 1 atom stereocenters. The summed E-state index contributed by atoms with van der Waals surface area (Å²) in [6.07, 6.45) is -4.57. The molecule has 0 aliphatic carbocycles. The maximum Gasteiger partial charge on any atom is 0.417 e. The van der Waals surface area contributed by atoms with Gasteiger partial charge in [0.15, 0.2) is 0 Å². The fourth-order valence-electron chi connectivity index (χ4n) is 3.53. The van der Waals surface area contributed by atoms with E-state index in [1.165, 1.54) is 17.0 Å². The summed E-state index contributed by atoms with van der Waals surface area (Å²) >= 11 is 5.87. The molecule has 2 aliphatic heterocycles. The molecule has 1 N–H and O–H groups in total. The highest BCUT2D eigenvalue weighted by Gasteiger charge is 2.39. The molecule has 0 saturated carbocycles. The zero-order chi connectivity index (χ0) is 21.9. The molecule has 1 aromatic rings. The molecular formula is C19H25Cl2F3N4O3. The lowest BCUT2D eigenvalue weighted by Crippen LogP contribution is -2.43. The molecule has 3 rings (SSSR count). The summed E-state index contributed by atoms with van der Waals surface area (Å²) in [6, 6.07) is 2.60. The number of amides is 3. The second-order valence-electron chi connectivity index (χ2n) is 7.30. The Morgan fingerprint density at radius 3 is 2.58 bits per heavy atom. The van der Waals surface area contributed by atoms with Crippen molar-refractivity contribution in [3.8, 4) is 0 Å². The van der Waals surface area contributed by atoms with Gasteiger partial charge in [0.05, 0.1) is 30.3 Å². The van der Waals surface area contributed by atoms with Crippen molar-refractivity contribution in [3.05, 3.63) is 34.3 Å². The molecule has 0 radical (unpaired) electrons. The van der Waals surface area contributed by atoms with Gasteiger partial charge in [0.25, 0.3) is 0 Å². The first-order valence-corrected chi connectivity index (χ1v) is 10.0. The van der Waals surface area contributed by atoms with E-state index in [1.807, 2.05) is 0 Å². The number of hydrogen-bond acceptors (Lipinski definition) is 4. The van der Waals surface area contributed by atoms with Crippen LogP contribution >= 0.6 is 24.0 Å². The zero-order valence-electron chi connectivity index (χ0n) is 17.0. The number of nitrogens with zero attached hydrogens (tertiary/aromatic N) is 3. The van der Waals surface area contributed by atoms with E-state index in [1.54, 1.807) is 11.9 Å². The quantitative estimate of drug-likeness (QED) is 0.673. The van der Waals surface area contributed by atoms with Gasteiger partial charge < -0.3 is 19.9 Å². The van der Waals surface area contributed by atoms with Crippen molar-refractivity contribution in [2.24, 2.45) is 0 Å². The molecular weight excluding hydrogens is 460 g/mol. The van der Waals surface area contributed by atoms with Crippen molar-refractivity contribution in [2.75, 3.05) is 53.0 Å². The number of rotatable bonds is 6. The van der Waals surface area contributed by atoms with E-state index in [-0.39, 0.29) is 37.1 Å². The summed E-state index contributed by atoms with van der Waals surface area (Å²) in [6.45, 7) is 4.19. The van der Waals surface area contributed by atoms with E-state index in [2.05, 4.69) is 10.2 Å². The van der Waals surface area contributed by atoms with Gasteiger partial charge in [-0.05, 0) is 11.6 Å². The minimum absolute atomic E-state index is 0. The molecule has 7 nitrogen and oxygen atoms in total. The number of likely N-dealkylation sites (N-methyl/N-ethyl adjacent to an activating group) is 1. The molecule has 0 bridgehead atoms. The number of nitrogens with one attached hydrogen (secondary N) is 1. The molecule has 2 saturated heterocycles. The van der Waals surface area contributed by atoms with Gasteiger partial charge in [-0.2, -0.15) is 13.2 Å². The average Bonchev–Trinajstić information content (AvgIpc) is 2.99. The minimum Gasteiger partial charge on any atom is -0.379 e. The lowest BCUT2D eigenvalue weighted by atomic mass is 10.1. The highest BCUT2D eigenvalue weighted by molar-refractivity contribution is 6.32. The highest BCUT2D eigenvalue weighted by atomic mass is 35.5. The number of carbonyl (C=O) groups excluding carboxylic acids is 2. The van der Waals surface area contributed by atoms with Crippen LogP contribution in [0.25, 0.3) is 0 Å². The third-order valence-corrected chi connectivity index (χ3v) is 5.81. The molecule has 12 heteroatoms. The normalized spacial score (nSPS) is 20.0. The van der Waals surface area contributed by atoms with Crippen molar-refractivity contribution < 1.29 is 27.5 Å². The van der Waals surface area contributed by atoms with Gasteiger partial charge in [-0.25, -0.2) is 4.79 Å². The van der Waals surface area contributed by atoms with Gasteiger partial charge in [-0.15, -0.1) is 12.4 Å². The number of carbonyl (C=O) groups is 2. The van der Waals surface area contributed by atoms with Crippen LogP contribution in [-0.4, -0.2) is 85.7 Å². The molecule has 1 aromatic carbocycles. The zero-order valence-corrected chi connectivity index (χ0v) is 18.5. The molecule has 1 unspecified atom stereocenters.